The van der Waals surface area contributed by atoms with Crippen molar-refractivity contribution in [3.63, 3.8) is 0 Å². The third kappa shape index (κ3) is 32.1. The summed E-state index contributed by atoms with van der Waals surface area (Å²) in [5.41, 5.74) is 47.2. The van der Waals surface area contributed by atoms with E-state index in [1.165, 1.54) is 12.5 Å². The summed E-state index contributed by atoms with van der Waals surface area (Å²) in [6.45, 7) is 15.2. The van der Waals surface area contributed by atoms with Crippen LogP contribution in [0.1, 0.15) is 150 Å². The molecule has 552 valence electrons. The van der Waals surface area contributed by atoms with Crippen LogP contribution in [0.4, 0.5) is 0 Å². The maximum Gasteiger partial charge on any atom is 0.326 e. The van der Waals surface area contributed by atoms with E-state index in [1.54, 1.807) is 6.20 Å². The van der Waals surface area contributed by atoms with Crippen molar-refractivity contribution in [3.8, 4) is 0 Å². The number of aliphatic carboxylic acids is 1. The van der Waals surface area contributed by atoms with Crippen molar-refractivity contribution in [2.75, 3.05) is 26.2 Å². The first kappa shape index (κ1) is 83.6. The van der Waals surface area contributed by atoms with Gasteiger partial charge in [0, 0.05) is 61.5 Å². The number of nitrogens with two attached hydrogens (primary N) is 8. The molecule has 34 heteroatoms. The van der Waals surface area contributed by atoms with Crippen LogP contribution in [0, 0.1) is 23.7 Å². The number of guanidine groups is 3. The molecule has 2 heterocycles. The third-order valence-corrected chi connectivity index (χ3v) is 15.7. The van der Waals surface area contributed by atoms with Gasteiger partial charge in [-0.05, 0) is 125 Å². The molecular weight excluding hydrogens is 1280 g/mol. The SMILES string of the molecule is CC(C)C[C@H](NC(=O)[C@H](CC(C)C)NC(=O)[C@H](CC(C)C)NC(=O)[C@H](CC(C)C)NC(=O)[C@H](CCCN=C(N)N)NC(=O)[C@H](Cc1c[nH]c2ccccc12)NC(=O)[C@@H](N)CCCN=C(N)N)C(=O)N[C@@H](CCCCN)C(=O)N[C@@H](CCCN=C(N)N)C(=O)N[C@@H](Cc1cnc[nH]1)C(=O)O. The van der Waals surface area contributed by atoms with E-state index < -0.39 is 120 Å². The Labute approximate surface area is 578 Å². The van der Waals surface area contributed by atoms with Gasteiger partial charge in [-0.2, -0.15) is 0 Å². The summed E-state index contributed by atoms with van der Waals surface area (Å²) in [4.78, 5) is 164. The number of carbonyl (C=O) groups is 10. The van der Waals surface area contributed by atoms with Crippen LogP contribution in [0.5, 0.6) is 0 Å². The number of aromatic nitrogens is 3. The number of carbonyl (C=O) groups excluding carboxylic acids is 9. The van der Waals surface area contributed by atoms with Crippen LogP contribution >= 0.6 is 0 Å². The molecule has 2 aromatic heterocycles. The first-order valence-corrected chi connectivity index (χ1v) is 33.9. The van der Waals surface area contributed by atoms with Gasteiger partial charge in [0.1, 0.15) is 54.4 Å². The number of rotatable bonds is 47. The lowest BCUT2D eigenvalue weighted by Crippen LogP contribution is -2.61. The summed E-state index contributed by atoms with van der Waals surface area (Å²) in [5.74, 6) is -9.54. The Morgan fingerprint density at radius 1 is 0.444 bits per heavy atom. The molecule has 0 unspecified atom stereocenters. The summed E-state index contributed by atoms with van der Waals surface area (Å²) < 4.78 is 0. The van der Waals surface area contributed by atoms with E-state index >= 15 is 0 Å². The van der Waals surface area contributed by atoms with Crippen molar-refractivity contribution in [2.45, 2.75) is 212 Å². The fourth-order valence-corrected chi connectivity index (χ4v) is 10.8. The maximum absolute atomic E-state index is 14.7. The van der Waals surface area contributed by atoms with E-state index in [1.807, 2.05) is 79.7 Å². The van der Waals surface area contributed by atoms with Crippen molar-refractivity contribution in [1.82, 2.24) is 62.8 Å². The molecule has 1 aromatic carbocycles. The average Bonchev–Trinajstić information content (AvgIpc) is 1.76. The number of nitrogens with zero attached hydrogens (tertiary/aromatic N) is 4. The molecule has 0 aliphatic carbocycles. The highest BCUT2D eigenvalue weighted by Crippen LogP contribution is 2.21. The van der Waals surface area contributed by atoms with Gasteiger partial charge in [0.05, 0.1) is 12.4 Å². The van der Waals surface area contributed by atoms with Gasteiger partial charge in [-0.15, -0.1) is 0 Å². The van der Waals surface area contributed by atoms with Gasteiger partial charge in [-0.1, -0.05) is 73.6 Å². The number of unbranched alkanes of at least 4 members (excludes halogenated alkanes) is 1. The molecular formula is C65H111N23O11. The van der Waals surface area contributed by atoms with E-state index in [9.17, 15) is 53.1 Å². The minimum absolute atomic E-state index is 0.0293. The second-order valence-electron chi connectivity index (χ2n) is 26.5. The highest BCUT2D eigenvalue weighted by Gasteiger charge is 2.37. The number of nitrogens with one attached hydrogen (secondary N) is 11. The van der Waals surface area contributed by atoms with Crippen molar-refractivity contribution in [1.29, 1.82) is 0 Å². The number of H-pyrrole nitrogens is 2. The summed E-state index contributed by atoms with van der Waals surface area (Å²) in [6.07, 6.45) is 6.20. The lowest BCUT2D eigenvalue weighted by Gasteiger charge is -2.30. The molecule has 0 radical (unpaired) electrons. The Balaban J connectivity index is 1.94. The highest BCUT2D eigenvalue weighted by molar-refractivity contribution is 5.99. The molecule has 0 aliphatic heterocycles. The smallest absolute Gasteiger partial charge is 0.326 e. The van der Waals surface area contributed by atoms with Gasteiger partial charge >= 0.3 is 5.97 Å². The first-order valence-electron chi connectivity index (χ1n) is 33.9. The van der Waals surface area contributed by atoms with Crippen LogP contribution in [-0.4, -0.2) is 184 Å². The molecule has 9 amide bonds. The molecule has 0 bridgehead atoms. The first-order chi connectivity index (χ1) is 46.8. The third-order valence-electron chi connectivity index (χ3n) is 15.7. The number of hydrogen-bond acceptors (Lipinski definition) is 16. The molecule has 10 atom stereocenters. The van der Waals surface area contributed by atoms with Crippen LogP contribution in [0.15, 0.2) is 58.0 Å². The van der Waals surface area contributed by atoms with Crippen LogP contribution in [0.25, 0.3) is 10.9 Å². The Kier molecular flexibility index (Phi) is 36.9. The second kappa shape index (κ2) is 43.6. The number of amides is 9. The monoisotopic (exact) mass is 1390 g/mol. The number of carboxylic acids is 1. The molecule has 34 nitrogen and oxygen atoms in total. The summed E-state index contributed by atoms with van der Waals surface area (Å²) in [5, 5.41) is 35.6. The molecule has 0 aliphatic rings. The minimum atomic E-state index is -1.43. The zero-order chi connectivity index (χ0) is 73.9. The van der Waals surface area contributed by atoms with Crippen LogP contribution in [-0.2, 0) is 60.8 Å². The fourth-order valence-electron chi connectivity index (χ4n) is 10.8. The predicted octanol–water partition coefficient (Wildman–Crippen LogP) is -2.07. The Bertz CT molecular complexity index is 3160. The largest absolute Gasteiger partial charge is 0.480 e. The molecule has 0 fully saturated rings. The Morgan fingerprint density at radius 3 is 1.17 bits per heavy atom. The summed E-state index contributed by atoms with van der Waals surface area (Å²) in [7, 11) is 0. The van der Waals surface area contributed by atoms with Gasteiger partial charge in [-0.25, -0.2) is 9.78 Å². The maximum atomic E-state index is 14.7. The van der Waals surface area contributed by atoms with Gasteiger partial charge in [0.25, 0.3) is 0 Å². The zero-order valence-corrected chi connectivity index (χ0v) is 58.5. The predicted molar refractivity (Wildman–Crippen MR) is 378 cm³/mol. The zero-order valence-electron chi connectivity index (χ0n) is 58.5. The lowest BCUT2D eigenvalue weighted by atomic mass is 9.97. The number of aliphatic imine (C=N–C) groups is 3. The number of fused-ring (bicyclic) bond motifs is 1. The number of imidazole rings is 1. The second-order valence-corrected chi connectivity index (χ2v) is 26.5. The van der Waals surface area contributed by atoms with E-state index in [2.05, 4.69) is 77.8 Å². The van der Waals surface area contributed by atoms with Crippen LogP contribution < -0.4 is 93.7 Å². The van der Waals surface area contributed by atoms with Crippen molar-refractivity contribution in [2.24, 2.45) is 84.5 Å². The average molecular weight is 1390 g/mol. The van der Waals surface area contributed by atoms with Gasteiger partial charge in [0.15, 0.2) is 17.9 Å². The van der Waals surface area contributed by atoms with E-state index in [-0.39, 0.29) is 145 Å². The molecule has 0 spiro atoms. The van der Waals surface area contributed by atoms with Gasteiger partial charge in [-0.3, -0.25) is 58.1 Å². The molecule has 3 aromatic rings. The van der Waals surface area contributed by atoms with Crippen molar-refractivity contribution >= 4 is 87.9 Å². The number of hydrogen-bond donors (Lipinski definition) is 20. The van der Waals surface area contributed by atoms with Gasteiger partial charge in [0.2, 0.25) is 53.2 Å². The van der Waals surface area contributed by atoms with E-state index in [4.69, 9.17) is 45.9 Å². The lowest BCUT2D eigenvalue weighted by molar-refractivity contribution is -0.142. The number of carboxylic acid groups (broad SMARTS) is 1. The molecule has 0 saturated heterocycles. The van der Waals surface area contributed by atoms with E-state index in [0.717, 1.165) is 10.9 Å². The van der Waals surface area contributed by atoms with Crippen LogP contribution in [0.3, 0.4) is 0 Å². The fraction of sp³-hybridized carbons (Fsp3) is 0.631. The van der Waals surface area contributed by atoms with Crippen LogP contribution in [0.2, 0.25) is 0 Å². The minimum Gasteiger partial charge on any atom is -0.480 e. The Morgan fingerprint density at radius 2 is 0.798 bits per heavy atom. The Hall–Kier alpha value is -9.60. The standard InChI is InChI=1S/C65H111N23O11/c1-35(2)26-47(57(93)81-44(19-11-12-22-66)54(90)80-46(21-15-25-77-65(72)73)56(92)88-52(62(98)99)31-40-33-74-34-79-40)85-59(95)49(28-37(5)6)87-60(96)50(29-38(7)8)86-58(94)48(27-36(3)4)84-55(91)45(20-14-24-76-64(70)71)82-61(97)51(30-39-32-78-43-18-10-9-16-41(39)43)83-53(89)42(67)17-13-23-75-63(68)69/h9-10,16,18,32-38,42,44-52,78H,11-15,17,19-31,66-67H2,1-8H3,(H,74,79)(H,80,90)(H,81,93)(H,82,97)(H,83,89)(H,84,91)(H,85,95)(H,86,94)(H,87,96)(H,88,92)(H,98,99)(H4,68,69,75)(H4,70,71,76)(H4,72,73,77)/t42-,44-,45-,46-,47-,48-,49-,50-,51-,52-/m0/s1. The normalized spacial score (nSPS) is 14.4. The quantitative estimate of drug-likeness (QED) is 0.0164. The van der Waals surface area contributed by atoms with Crippen molar-refractivity contribution < 1.29 is 53.1 Å². The summed E-state index contributed by atoms with van der Waals surface area (Å²) in [6, 6.07) is -5.47. The summed E-state index contributed by atoms with van der Waals surface area (Å²) >= 11 is 0. The highest BCUT2D eigenvalue weighted by atomic mass is 16.4. The molecule has 28 N–H and O–H groups in total. The molecule has 99 heavy (non-hydrogen) atoms. The number of benzene rings is 1. The van der Waals surface area contributed by atoms with Crippen molar-refractivity contribution in [3.05, 3.63) is 54.2 Å². The van der Waals surface area contributed by atoms with Gasteiger partial charge < -0.3 is 109 Å². The van der Waals surface area contributed by atoms with E-state index in [0.29, 0.717) is 30.5 Å². The number of aromatic amines is 2. The number of para-hydroxylation sites is 1. The molecule has 0 saturated carbocycles. The topological polar surface area (TPSA) is 589 Å². The molecule has 3 rings (SSSR count).